The van der Waals surface area contributed by atoms with Gasteiger partial charge in [-0.05, 0) is 31.2 Å². The van der Waals surface area contributed by atoms with Gasteiger partial charge in [0.15, 0.2) is 6.61 Å². The summed E-state index contributed by atoms with van der Waals surface area (Å²) in [6.07, 6.45) is 0. The Labute approximate surface area is 129 Å². The Bertz CT molecular complexity index is 508. The van der Waals surface area contributed by atoms with E-state index >= 15 is 0 Å². The van der Waals surface area contributed by atoms with Crippen molar-refractivity contribution in [1.29, 1.82) is 0 Å². The van der Waals surface area contributed by atoms with Crippen molar-refractivity contribution in [3.8, 4) is 5.75 Å². The molecule has 0 aliphatic carbocycles. The molecule has 1 amide bonds. The minimum absolute atomic E-state index is 0.142. The summed E-state index contributed by atoms with van der Waals surface area (Å²) in [5.41, 5.74) is 0. The third kappa shape index (κ3) is 3.46. The molecule has 1 fully saturated rings. The highest BCUT2D eigenvalue weighted by atomic mass is 79.9. The van der Waals surface area contributed by atoms with Gasteiger partial charge in [-0.2, -0.15) is 0 Å². The molecule has 2 atom stereocenters. The number of benzene rings is 1. The number of hydrogen-bond donors (Lipinski definition) is 1. The maximum Gasteiger partial charge on any atom is 0.327 e. The monoisotopic (exact) mass is 359 g/mol. The second kappa shape index (κ2) is 6.49. The number of amides is 1. The summed E-state index contributed by atoms with van der Waals surface area (Å²) >= 11 is 4.77. The largest absolute Gasteiger partial charge is 0.484 e. The molecule has 108 valence electrons. The van der Waals surface area contributed by atoms with Gasteiger partial charge in [-0.1, -0.05) is 15.9 Å². The first-order valence-corrected chi connectivity index (χ1v) is 7.87. The topological polar surface area (TPSA) is 66.8 Å². The first-order valence-electron chi connectivity index (χ1n) is 6.03. The number of halogens is 1. The van der Waals surface area contributed by atoms with Gasteiger partial charge >= 0.3 is 5.97 Å². The normalized spacial score (nSPS) is 21.8. The van der Waals surface area contributed by atoms with Crippen LogP contribution in [0.4, 0.5) is 0 Å². The zero-order valence-electron chi connectivity index (χ0n) is 10.8. The molecule has 0 spiro atoms. The van der Waals surface area contributed by atoms with Crippen LogP contribution in [-0.4, -0.2) is 45.7 Å². The first-order chi connectivity index (χ1) is 9.49. The molecular weight excluding hydrogens is 346 g/mol. The molecule has 1 aromatic rings. The maximum atomic E-state index is 12.1. The fourth-order valence-electron chi connectivity index (χ4n) is 1.96. The van der Waals surface area contributed by atoms with Gasteiger partial charge in [0.25, 0.3) is 5.91 Å². The predicted molar refractivity (Wildman–Crippen MR) is 79.8 cm³/mol. The second-order valence-corrected chi connectivity index (χ2v) is 6.59. The van der Waals surface area contributed by atoms with E-state index < -0.39 is 12.0 Å². The highest BCUT2D eigenvalue weighted by Crippen LogP contribution is 2.29. The minimum Gasteiger partial charge on any atom is -0.484 e. The number of ether oxygens (including phenoxy) is 1. The highest BCUT2D eigenvalue weighted by molar-refractivity contribution is 9.10. The average Bonchev–Trinajstić information content (AvgIpc) is 2.80. The molecule has 0 bridgehead atoms. The summed E-state index contributed by atoms with van der Waals surface area (Å²) in [6, 6.07) is 6.35. The molecule has 1 aromatic carbocycles. The molecule has 2 rings (SSSR count). The van der Waals surface area contributed by atoms with Gasteiger partial charge in [-0.25, -0.2) is 4.79 Å². The van der Waals surface area contributed by atoms with Crippen LogP contribution in [-0.2, 0) is 9.59 Å². The zero-order chi connectivity index (χ0) is 14.7. The van der Waals surface area contributed by atoms with Crippen LogP contribution in [0.1, 0.15) is 6.92 Å². The summed E-state index contributed by atoms with van der Waals surface area (Å²) in [5.74, 6) is -0.287. The van der Waals surface area contributed by atoms with Crippen molar-refractivity contribution in [2.75, 3.05) is 12.4 Å². The van der Waals surface area contributed by atoms with E-state index in [1.165, 1.54) is 16.7 Å². The van der Waals surface area contributed by atoms with Crippen molar-refractivity contribution < 1.29 is 19.4 Å². The Hall–Kier alpha value is -1.21. The van der Waals surface area contributed by atoms with Gasteiger partial charge in [0.1, 0.15) is 11.8 Å². The van der Waals surface area contributed by atoms with Crippen LogP contribution >= 0.6 is 27.7 Å². The maximum absolute atomic E-state index is 12.1. The number of carbonyl (C=O) groups excluding carboxylic acids is 1. The summed E-state index contributed by atoms with van der Waals surface area (Å²) in [5, 5.41) is 8.97. The fraction of sp³-hybridized carbons (Fsp3) is 0.385. The van der Waals surface area contributed by atoms with Gasteiger partial charge < -0.3 is 14.7 Å². The van der Waals surface area contributed by atoms with Gasteiger partial charge in [0.05, 0.1) is 5.37 Å². The van der Waals surface area contributed by atoms with Crippen LogP contribution in [0.2, 0.25) is 0 Å². The molecule has 1 aliphatic heterocycles. The van der Waals surface area contributed by atoms with E-state index in [1.807, 2.05) is 19.1 Å². The van der Waals surface area contributed by atoms with Crippen molar-refractivity contribution in [3.63, 3.8) is 0 Å². The predicted octanol–water partition coefficient (Wildman–Crippen LogP) is 2.20. The van der Waals surface area contributed by atoms with E-state index in [2.05, 4.69) is 15.9 Å². The number of hydrogen-bond acceptors (Lipinski definition) is 4. The SMILES string of the molecule is CC1SCC(C(=O)O)N1C(=O)COc1ccc(Br)cc1. The van der Waals surface area contributed by atoms with Crippen molar-refractivity contribution in [3.05, 3.63) is 28.7 Å². The van der Waals surface area contributed by atoms with Gasteiger partial charge in [-0.3, -0.25) is 4.79 Å². The fourth-order valence-corrected chi connectivity index (χ4v) is 3.42. The third-order valence-electron chi connectivity index (χ3n) is 2.97. The lowest BCUT2D eigenvalue weighted by molar-refractivity contribution is -0.149. The third-order valence-corrected chi connectivity index (χ3v) is 4.72. The molecule has 2 unspecified atom stereocenters. The van der Waals surface area contributed by atoms with Gasteiger partial charge in [0, 0.05) is 10.2 Å². The Morgan fingerprint density at radius 3 is 2.70 bits per heavy atom. The number of nitrogens with zero attached hydrogens (tertiary/aromatic N) is 1. The smallest absolute Gasteiger partial charge is 0.327 e. The van der Waals surface area contributed by atoms with Crippen molar-refractivity contribution >= 4 is 39.6 Å². The lowest BCUT2D eigenvalue weighted by Crippen LogP contribution is -2.46. The molecule has 20 heavy (non-hydrogen) atoms. The lowest BCUT2D eigenvalue weighted by atomic mass is 10.3. The molecule has 1 aliphatic rings. The van der Waals surface area contributed by atoms with Crippen LogP contribution in [0.25, 0.3) is 0 Å². The van der Waals surface area contributed by atoms with Crippen LogP contribution in [0.3, 0.4) is 0 Å². The van der Waals surface area contributed by atoms with Crippen LogP contribution in [0.5, 0.6) is 5.75 Å². The van der Waals surface area contributed by atoms with Crippen molar-refractivity contribution in [2.45, 2.75) is 18.3 Å². The summed E-state index contributed by atoms with van der Waals surface area (Å²) < 4.78 is 6.32. The Kier molecular flexibility index (Phi) is 4.93. The number of aliphatic carboxylic acids is 1. The molecule has 0 aromatic heterocycles. The molecule has 7 heteroatoms. The van der Waals surface area contributed by atoms with E-state index in [0.717, 1.165) is 4.47 Å². The Morgan fingerprint density at radius 1 is 1.45 bits per heavy atom. The molecule has 1 saturated heterocycles. The molecule has 0 radical (unpaired) electrons. The average molecular weight is 360 g/mol. The quantitative estimate of drug-likeness (QED) is 0.892. The number of carboxylic acids is 1. The second-order valence-electron chi connectivity index (χ2n) is 4.33. The standard InChI is InChI=1S/C13H14BrNO4S/c1-8-15(11(7-20-8)13(17)18)12(16)6-19-10-4-2-9(14)3-5-10/h2-5,8,11H,6-7H2,1H3,(H,17,18). The minimum atomic E-state index is -0.973. The lowest BCUT2D eigenvalue weighted by Gasteiger charge is -2.24. The van der Waals surface area contributed by atoms with Crippen LogP contribution in [0, 0.1) is 0 Å². The van der Waals surface area contributed by atoms with E-state index in [9.17, 15) is 9.59 Å². The number of carbonyl (C=O) groups is 2. The molecule has 5 nitrogen and oxygen atoms in total. The van der Waals surface area contributed by atoms with Gasteiger partial charge in [-0.15, -0.1) is 11.8 Å². The van der Waals surface area contributed by atoms with E-state index in [-0.39, 0.29) is 17.9 Å². The first kappa shape index (κ1) is 15.2. The molecule has 0 saturated carbocycles. The number of carboxylic acid groups (broad SMARTS) is 1. The van der Waals surface area contributed by atoms with E-state index in [1.54, 1.807) is 12.1 Å². The van der Waals surface area contributed by atoms with Crippen LogP contribution in [0.15, 0.2) is 28.7 Å². The summed E-state index contributed by atoms with van der Waals surface area (Å²) in [6.45, 7) is 1.67. The number of thioether (sulfide) groups is 1. The van der Waals surface area contributed by atoms with Crippen molar-refractivity contribution in [1.82, 2.24) is 4.90 Å². The molecule has 1 heterocycles. The summed E-state index contributed by atoms with van der Waals surface area (Å²) in [7, 11) is 0. The zero-order valence-corrected chi connectivity index (χ0v) is 13.2. The Balaban J connectivity index is 1.97. The molecule has 1 N–H and O–H groups in total. The Morgan fingerprint density at radius 2 is 2.10 bits per heavy atom. The van der Waals surface area contributed by atoms with Crippen molar-refractivity contribution in [2.24, 2.45) is 0 Å². The van der Waals surface area contributed by atoms with Crippen LogP contribution < -0.4 is 4.74 Å². The van der Waals surface area contributed by atoms with Gasteiger partial charge in [0.2, 0.25) is 0 Å². The van der Waals surface area contributed by atoms with E-state index in [4.69, 9.17) is 9.84 Å². The number of rotatable bonds is 4. The van der Waals surface area contributed by atoms with E-state index in [0.29, 0.717) is 11.5 Å². The molecular formula is C13H14BrNO4S. The highest BCUT2D eigenvalue weighted by Gasteiger charge is 2.39. The summed E-state index contributed by atoms with van der Waals surface area (Å²) in [4.78, 5) is 24.6.